The van der Waals surface area contributed by atoms with Crippen molar-refractivity contribution in [3.05, 3.63) is 29.3 Å². The Morgan fingerprint density at radius 2 is 2.36 bits per heavy atom. The van der Waals surface area contributed by atoms with Crippen LogP contribution in [-0.2, 0) is 11.2 Å². The van der Waals surface area contributed by atoms with Crippen LogP contribution in [0.25, 0.3) is 0 Å². The maximum absolute atomic E-state index is 11.1. The molecule has 1 aromatic rings. The fraction of sp³-hybridized carbons (Fsp3) is 0.200. The molecule has 2 N–H and O–H groups in total. The molecule has 0 aliphatic carbocycles. The van der Waals surface area contributed by atoms with Crippen LogP contribution in [0.5, 0.6) is 0 Å². The van der Waals surface area contributed by atoms with Crippen LogP contribution in [0.3, 0.4) is 0 Å². The first-order valence-corrected chi connectivity index (χ1v) is 4.76. The summed E-state index contributed by atoms with van der Waals surface area (Å²) in [5.41, 5.74) is 2.88. The van der Waals surface area contributed by atoms with E-state index in [1.54, 1.807) is 7.05 Å². The second kappa shape index (κ2) is 3.38. The normalized spacial score (nSPS) is 13.4. The summed E-state index contributed by atoms with van der Waals surface area (Å²) in [6, 6.07) is 5.74. The first kappa shape index (κ1) is 9.15. The molecule has 0 unspecified atom stereocenters. The van der Waals surface area contributed by atoms with E-state index in [4.69, 9.17) is 12.2 Å². The van der Waals surface area contributed by atoms with E-state index < -0.39 is 0 Å². The molecule has 1 amide bonds. The van der Waals surface area contributed by atoms with Gasteiger partial charge >= 0.3 is 0 Å². The van der Waals surface area contributed by atoms with Gasteiger partial charge in [0.2, 0.25) is 5.91 Å². The molecule has 1 aliphatic heterocycles. The van der Waals surface area contributed by atoms with Gasteiger partial charge in [-0.15, -0.1) is 0 Å². The zero-order valence-corrected chi connectivity index (χ0v) is 8.57. The molecule has 0 bridgehead atoms. The number of thiocarbonyl (C=S) groups is 1. The number of hydrogen-bond acceptors (Lipinski definition) is 2. The van der Waals surface area contributed by atoms with Gasteiger partial charge in [0, 0.05) is 18.3 Å². The SMILES string of the molecule is CNC(=S)c1ccc2c(c1)CC(=O)N2. The molecular weight excluding hydrogens is 196 g/mol. The van der Waals surface area contributed by atoms with Crippen molar-refractivity contribution in [2.24, 2.45) is 0 Å². The van der Waals surface area contributed by atoms with E-state index in [0.29, 0.717) is 11.4 Å². The van der Waals surface area contributed by atoms with Crippen LogP contribution in [-0.4, -0.2) is 17.9 Å². The quantitative estimate of drug-likeness (QED) is 0.675. The molecule has 14 heavy (non-hydrogen) atoms. The minimum atomic E-state index is 0.0486. The fourth-order valence-corrected chi connectivity index (χ4v) is 1.64. The van der Waals surface area contributed by atoms with Crippen molar-refractivity contribution in [3.8, 4) is 0 Å². The summed E-state index contributed by atoms with van der Waals surface area (Å²) in [6.45, 7) is 0. The Balaban J connectivity index is 2.37. The maximum Gasteiger partial charge on any atom is 0.228 e. The van der Waals surface area contributed by atoms with Gasteiger partial charge in [-0.25, -0.2) is 0 Å². The largest absolute Gasteiger partial charge is 0.379 e. The van der Waals surface area contributed by atoms with Gasteiger partial charge in [0.25, 0.3) is 0 Å². The van der Waals surface area contributed by atoms with Crippen molar-refractivity contribution in [2.75, 3.05) is 12.4 Å². The molecule has 72 valence electrons. The third kappa shape index (κ3) is 1.48. The first-order valence-electron chi connectivity index (χ1n) is 4.35. The summed E-state index contributed by atoms with van der Waals surface area (Å²) < 4.78 is 0. The molecule has 0 radical (unpaired) electrons. The monoisotopic (exact) mass is 206 g/mol. The van der Waals surface area contributed by atoms with Crippen LogP contribution in [0.2, 0.25) is 0 Å². The Kier molecular flexibility index (Phi) is 2.21. The highest BCUT2D eigenvalue weighted by Crippen LogP contribution is 2.23. The lowest BCUT2D eigenvalue weighted by atomic mass is 10.1. The van der Waals surface area contributed by atoms with Gasteiger partial charge in [0.05, 0.1) is 6.42 Å². The average Bonchev–Trinajstić information content (AvgIpc) is 2.55. The smallest absolute Gasteiger partial charge is 0.228 e. The van der Waals surface area contributed by atoms with Gasteiger partial charge in [-0.2, -0.15) is 0 Å². The molecule has 4 heteroatoms. The molecular formula is C10H10N2OS. The summed E-state index contributed by atoms with van der Waals surface area (Å²) in [7, 11) is 1.79. The lowest BCUT2D eigenvalue weighted by Crippen LogP contribution is -2.16. The highest BCUT2D eigenvalue weighted by molar-refractivity contribution is 7.80. The van der Waals surface area contributed by atoms with Crippen LogP contribution in [0.1, 0.15) is 11.1 Å². The highest BCUT2D eigenvalue weighted by atomic mass is 32.1. The molecule has 1 aromatic carbocycles. The minimum absolute atomic E-state index is 0.0486. The molecule has 3 nitrogen and oxygen atoms in total. The number of rotatable bonds is 1. The van der Waals surface area contributed by atoms with Crippen LogP contribution in [0.15, 0.2) is 18.2 Å². The summed E-state index contributed by atoms with van der Waals surface area (Å²) in [5.74, 6) is 0.0486. The number of carbonyl (C=O) groups excluding carboxylic acids is 1. The fourth-order valence-electron chi connectivity index (χ4n) is 1.51. The lowest BCUT2D eigenvalue weighted by Gasteiger charge is -2.04. The Labute approximate surface area is 87.5 Å². The first-order chi connectivity index (χ1) is 6.70. The average molecular weight is 206 g/mol. The predicted molar refractivity (Wildman–Crippen MR) is 59.5 cm³/mol. The minimum Gasteiger partial charge on any atom is -0.379 e. The standard InChI is InChI=1S/C10H10N2OS/c1-11-10(14)6-2-3-8-7(4-6)5-9(13)12-8/h2-4H,5H2,1H3,(H,11,14)(H,12,13). The summed E-state index contributed by atoms with van der Waals surface area (Å²) >= 11 is 5.11. The number of amides is 1. The summed E-state index contributed by atoms with van der Waals surface area (Å²) in [6.07, 6.45) is 0.454. The van der Waals surface area contributed by atoms with Crippen molar-refractivity contribution in [2.45, 2.75) is 6.42 Å². The van der Waals surface area contributed by atoms with E-state index in [1.165, 1.54) is 0 Å². The van der Waals surface area contributed by atoms with Crippen molar-refractivity contribution in [3.63, 3.8) is 0 Å². The van der Waals surface area contributed by atoms with Gasteiger partial charge < -0.3 is 10.6 Å². The van der Waals surface area contributed by atoms with E-state index in [-0.39, 0.29) is 5.91 Å². The molecule has 0 saturated heterocycles. The highest BCUT2D eigenvalue weighted by Gasteiger charge is 2.17. The van der Waals surface area contributed by atoms with E-state index in [1.807, 2.05) is 18.2 Å². The van der Waals surface area contributed by atoms with Crippen LogP contribution in [0.4, 0.5) is 5.69 Å². The van der Waals surface area contributed by atoms with Crippen molar-refractivity contribution in [1.29, 1.82) is 0 Å². The van der Waals surface area contributed by atoms with E-state index in [0.717, 1.165) is 16.8 Å². The van der Waals surface area contributed by atoms with Crippen molar-refractivity contribution in [1.82, 2.24) is 5.32 Å². The number of hydrogen-bond donors (Lipinski definition) is 2. The van der Waals surface area contributed by atoms with Crippen LogP contribution in [0, 0.1) is 0 Å². The Hall–Kier alpha value is -1.42. The Morgan fingerprint density at radius 1 is 1.57 bits per heavy atom. The Bertz CT molecular complexity index is 415. The van der Waals surface area contributed by atoms with Crippen molar-refractivity contribution < 1.29 is 4.79 Å². The molecule has 0 fully saturated rings. The summed E-state index contributed by atoms with van der Waals surface area (Å²) in [4.78, 5) is 11.8. The van der Waals surface area contributed by atoms with Gasteiger partial charge in [0.15, 0.2) is 0 Å². The zero-order valence-electron chi connectivity index (χ0n) is 7.76. The third-order valence-corrected chi connectivity index (χ3v) is 2.66. The number of anilines is 1. The lowest BCUT2D eigenvalue weighted by molar-refractivity contribution is -0.115. The molecule has 0 spiro atoms. The summed E-state index contributed by atoms with van der Waals surface area (Å²) in [5, 5.41) is 5.69. The number of nitrogens with one attached hydrogen (secondary N) is 2. The molecule has 0 saturated carbocycles. The maximum atomic E-state index is 11.1. The van der Waals surface area contributed by atoms with Gasteiger partial charge in [0.1, 0.15) is 4.99 Å². The number of fused-ring (bicyclic) bond motifs is 1. The number of carbonyl (C=O) groups is 1. The predicted octanol–water partition coefficient (Wildman–Crippen LogP) is 1.08. The molecule has 1 heterocycles. The van der Waals surface area contributed by atoms with E-state index in [2.05, 4.69) is 10.6 Å². The third-order valence-electron chi connectivity index (χ3n) is 2.22. The van der Waals surface area contributed by atoms with Crippen molar-refractivity contribution >= 4 is 28.8 Å². The zero-order chi connectivity index (χ0) is 10.1. The molecule has 1 aliphatic rings. The Morgan fingerprint density at radius 3 is 3.07 bits per heavy atom. The second-order valence-corrected chi connectivity index (χ2v) is 3.58. The second-order valence-electron chi connectivity index (χ2n) is 3.18. The van der Waals surface area contributed by atoms with Crippen LogP contribution < -0.4 is 10.6 Å². The van der Waals surface area contributed by atoms with Gasteiger partial charge in [-0.3, -0.25) is 4.79 Å². The van der Waals surface area contributed by atoms with Gasteiger partial charge in [-0.1, -0.05) is 12.2 Å². The number of benzene rings is 1. The molecule has 2 rings (SSSR count). The van der Waals surface area contributed by atoms with Crippen LogP contribution >= 0.6 is 12.2 Å². The van der Waals surface area contributed by atoms with E-state index >= 15 is 0 Å². The molecule has 0 atom stereocenters. The van der Waals surface area contributed by atoms with Gasteiger partial charge in [-0.05, 0) is 23.8 Å². The topological polar surface area (TPSA) is 41.1 Å². The van der Waals surface area contributed by atoms with E-state index in [9.17, 15) is 4.79 Å². The molecule has 0 aromatic heterocycles.